The summed E-state index contributed by atoms with van der Waals surface area (Å²) in [5.41, 5.74) is 6.55. The van der Waals surface area contributed by atoms with Crippen molar-refractivity contribution in [3.63, 3.8) is 0 Å². The van der Waals surface area contributed by atoms with Gasteiger partial charge in [-0.3, -0.25) is 14.5 Å². The number of nitrogens with one attached hydrogen (secondary N) is 2. The van der Waals surface area contributed by atoms with Gasteiger partial charge in [0.2, 0.25) is 11.8 Å². The third kappa shape index (κ3) is 4.71. The maximum Gasteiger partial charge on any atom is 0.275 e. The molecule has 1 unspecified atom stereocenters. The van der Waals surface area contributed by atoms with E-state index in [1.807, 2.05) is 20.0 Å². The molecule has 1 atom stereocenters. The Hall–Kier alpha value is -3.53. The molecular weight excluding hydrogens is 386 g/mol. The van der Waals surface area contributed by atoms with Gasteiger partial charge in [0.1, 0.15) is 12.3 Å². The Morgan fingerprint density at radius 1 is 1.33 bits per heavy atom. The van der Waals surface area contributed by atoms with Crippen molar-refractivity contribution in [1.82, 2.24) is 20.2 Å². The van der Waals surface area contributed by atoms with Crippen LogP contribution in [-0.4, -0.2) is 59.9 Å². The van der Waals surface area contributed by atoms with Gasteiger partial charge in [0, 0.05) is 19.3 Å². The Balaban J connectivity index is 1.72. The molecule has 0 radical (unpaired) electrons. The summed E-state index contributed by atoms with van der Waals surface area (Å²) in [6.07, 6.45) is 2.95. The minimum Gasteiger partial charge on any atom is -0.475 e. The maximum absolute atomic E-state index is 12.5. The second-order valence-electron chi connectivity index (χ2n) is 7.10. The Morgan fingerprint density at radius 3 is 2.80 bits per heavy atom. The van der Waals surface area contributed by atoms with Gasteiger partial charge in [0.05, 0.1) is 24.4 Å². The topological polar surface area (TPSA) is 135 Å². The first-order valence-electron chi connectivity index (χ1n) is 9.45. The van der Waals surface area contributed by atoms with Gasteiger partial charge in [-0.15, -0.1) is 0 Å². The lowest BCUT2D eigenvalue weighted by Crippen LogP contribution is -2.47. The van der Waals surface area contributed by atoms with Crippen LogP contribution in [0.25, 0.3) is 0 Å². The molecule has 1 aromatic carbocycles. The fraction of sp³-hybridized carbons (Fsp3) is 0.350. The number of nitrogens with zero attached hydrogens (tertiary/aromatic N) is 4. The molecular formula is C20H25N7O3. The molecule has 30 heavy (non-hydrogen) atoms. The third-order valence-corrected chi connectivity index (χ3v) is 4.78. The first-order valence-corrected chi connectivity index (χ1v) is 9.45. The Kier molecular flexibility index (Phi) is 6.26. The minimum atomic E-state index is -0.805. The standard InChI is InChI=1S/C20H25N7O3/c1-20(10-17(28)27(3)19(21)26-20)13-5-4-6-14(9-13)25-18(29)15-11-24-16(12-23-15)30-8-7-22-2/h4-6,9,11-12,22H,7-8,10H2,1-3H3,(H2,21,26)(H,25,29). The molecule has 158 valence electrons. The van der Waals surface area contributed by atoms with Gasteiger partial charge in [-0.25, -0.2) is 15.0 Å². The van der Waals surface area contributed by atoms with Gasteiger partial charge in [-0.2, -0.15) is 0 Å². The number of carbonyl (C=O) groups excluding carboxylic acids is 2. The predicted molar refractivity (Wildman–Crippen MR) is 112 cm³/mol. The largest absolute Gasteiger partial charge is 0.475 e. The van der Waals surface area contributed by atoms with E-state index in [1.165, 1.54) is 17.3 Å². The molecule has 0 bridgehead atoms. The van der Waals surface area contributed by atoms with Crippen LogP contribution in [0.3, 0.4) is 0 Å². The quantitative estimate of drug-likeness (QED) is 0.571. The van der Waals surface area contributed by atoms with Crippen LogP contribution in [0.2, 0.25) is 0 Å². The van der Waals surface area contributed by atoms with Crippen molar-refractivity contribution in [2.24, 2.45) is 10.7 Å². The molecule has 0 saturated carbocycles. The molecule has 0 aliphatic carbocycles. The zero-order chi connectivity index (χ0) is 21.7. The normalized spacial score (nSPS) is 18.7. The zero-order valence-corrected chi connectivity index (χ0v) is 17.2. The molecule has 10 heteroatoms. The van der Waals surface area contributed by atoms with Gasteiger partial charge in [0.15, 0.2) is 5.96 Å². The molecule has 10 nitrogen and oxygen atoms in total. The van der Waals surface area contributed by atoms with Crippen LogP contribution in [0, 0.1) is 0 Å². The lowest BCUT2D eigenvalue weighted by atomic mass is 9.87. The van der Waals surface area contributed by atoms with E-state index < -0.39 is 11.4 Å². The van der Waals surface area contributed by atoms with E-state index in [9.17, 15) is 9.59 Å². The number of anilines is 1. The molecule has 0 fully saturated rings. The van der Waals surface area contributed by atoms with Crippen molar-refractivity contribution >= 4 is 23.5 Å². The number of aromatic nitrogens is 2. The van der Waals surface area contributed by atoms with E-state index in [2.05, 4.69) is 25.6 Å². The molecule has 2 aromatic rings. The smallest absolute Gasteiger partial charge is 0.275 e. The van der Waals surface area contributed by atoms with Crippen molar-refractivity contribution in [3.05, 3.63) is 47.9 Å². The van der Waals surface area contributed by atoms with Crippen molar-refractivity contribution < 1.29 is 14.3 Å². The second-order valence-corrected chi connectivity index (χ2v) is 7.10. The number of rotatable bonds is 7. The first kappa shape index (κ1) is 21.2. The summed E-state index contributed by atoms with van der Waals surface area (Å²) in [5.74, 6) is -0.0182. The van der Waals surface area contributed by atoms with E-state index in [4.69, 9.17) is 10.5 Å². The number of hydrogen-bond acceptors (Lipinski definition) is 8. The van der Waals surface area contributed by atoms with Crippen molar-refractivity contribution in [3.8, 4) is 5.88 Å². The lowest BCUT2D eigenvalue weighted by Gasteiger charge is -2.33. The average molecular weight is 411 g/mol. The molecule has 1 aliphatic rings. The predicted octanol–water partition coefficient (Wildman–Crippen LogP) is 0.719. The molecule has 2 heterocycles. The third-order valence-electron chi connectivity index (χ3n) is 4.78. The molecule has 3 rings (SSSR count). The molecule has 1 aromatic heterocycles. The Morgan fingerprint density at radius 2 is 2.13 bits per heavy atom. The van der Waals surface area contributed by atoms with Crippen LogP contribution in [0.1, 0.15) is 29.4 Å². The van der Waals surface area contributed by atoms with E-state index in [-0.39, 0.29) is 24.0 Å². The number of hydrogen-bond donors (Lipinski definition) is 3. The summed E-state index contributed by atoms with van der Waals surface area (Å²) in [7, 11) is 3.42. The highest BCUT2D eigenvalue weighted by Crippen LogP contribution is 2.34. The number of benzene rings is 1. The highest BCUT2D eigenvalue weighted by Gasteiger charge is 2.36. The van der Waals surface area contributed by atoms with Crippen LogP contribution in [0.15, 0.2) is 41.7 Å². The second kappa shape index (κ2) is 8.87. The molecule has 1 aliphatic heterocycles. The maximum atomic E-state index is 12.5. The molecule has 0 saturated heterocycles. The summed E-state index contributed by atoms with van der Waals surface area (Å²) in [5, 5.41) is 5.75. The number of nitrogens with two attached hydrogens (primary N) is 1. The van der Waals surface area contributed by atoms with Crippen LogP contribution >= 0.6 is 0 Å². The SMILES string of the molecule is CNCCOc1cnc(C(=O)Nc2cccc(C3(C)CC(=O)N(C)C(N)=N3)c2)cn1. The van der Waals surface area contributed by atoms with Gasteiger partial charge in [-0.05, 0) is 31.7 Å². The molecule has 0 spiro atoms. The van der Waals surface area contributed by atoms with Gasteiger partial charge in [0.25, 0.3) is 5.91 Å². The van der Waals surface area contributed by atoms with E-state index in [1.54, 1.807) is 25.2 Å². The lowest BCUT2D eigenvalue weighted by molar-refractivity contribution is -0.128. The Bertz CT molecular complexity index is 961. The summed E-state index contributed by atoms with van der Waals surface area (Å²) in [6.45, 7) is 2.97. The van der Waals surface area contributed by atoms with E-state index in [0.717, 1.165) is 5.56 Å². The fourth-order valence-electron chi connectivity index (χ4n) is 2.97. The molecule has 4 N–H and O–H groups in total. The highest BCUT2D eigenvalue weighted by atomic mass is 16.5. The monoisotopic (exact) mass is 411 g/mol. The van der Waals surface area contributed by atoms with Crippen LogP contribution in [0.5, 0.6) is 5.88 Å². The van der Waals surface area contributed by atoms with E-state index in [0.29, 0.717) is 24.7 Å². The first-order chi connectivity index (χ1) is 14.3. The summed E-state index contributed by atoms with van der Waals surface area (Å²) >= 11 is 0. The van der Waals surface area contributed by atoms with E-state index >= 15 is 0 Å². The highest BCUT2D eigenvalue weighted by molar-refractivity contribution is 6.03. The number of aliphatic imine (C=N–C) groups is 1. The van der Waals surface area contributed by atoms with Crippen LogP contribution < -0.4 is 21.1 Å². The van der Waals surface area contributed by atoms with Crippen molar-refractivity contribution in [1.29, 1.82) is 0 Å². The number of carbonyl (C=O) groups is 2. The van der Waals surface area contributed by atoms with Gasteiger partial charge < -0.3 is 21.1 Å². The minimum absolute atomic E-state index is 0.119. The number of ether oxygens (including phenoxy) is 1. The summed E-state index contributed by atoms with van der Waals surface area (Å²) in [6, 6.07) is 7.16. The number of guanidine groups is 1. The van der Waals surface area contributed by atoms with Crippen molar-refractivity contribution in [2.45, 2.75) is 18.9 Å². The zero-order valence-electron chi connectivity index (χ0n) is 17.2. The summed E-state index contributed by atoms with van der Waals surface area (Å²) in [4.78, 5) is 38.7. The average Bonchev–Trinajstić information content (AvgIpc) is 2.73. The number of amides is 2. The fourth-order valence-corrected chi connectivity index (χ4v) is 2.97. The Labute approximate surface area is 174 Å². The van der Waals surface area contributed by atoms with Crippen LogP contribution in [-0.2, 0) is 10.3 Å². The molecule has 2 amide bonds. The van der Waals surface area contributed by atoms with Crippen molar-refractivity contribution in [2.75, 3.05) is 32.6 Å². The van der Waals surface area contributed by atoms with Gasteiger partial charge >= 0.3 is 0 Å². The van der Waals surface area contributed by atoms with Crippen LogP contribution in [0.4, 0.5) is 5.69 Å². The summed E-state index contributed by atoms with van der Waals surface area (Å²) < 4.78 is 5.40. The van der Waals surface area contributed by atoms with Gasteiger partial charge in [-0.1, -0.05) is 12.1 Å². The number of likely N-dealkylation sites (N-methyl/N-ethyl adjacent to an activating group) is 1.